The Morgan fingerprint density at radius 2 is 1.74 bits per heavy atom. The number of esters is 1. The Labute approximate surface area is 156 Å². The van der Waals surface area contributed by atoms with Crippen LogP contribution in [0.2, 0.25) is 0 Å². The number of hydrogen-bond donors (Lipinski definition) is 2. The van der Waals surface area contributed by atoms with Crippen LogP contribution in [0.25, 0.3) is 10.9 Å². The highest BCUT2D eigenvalue weighted by molar-refractivity contribution is 7.92. The number of aromatic nitrogens is 1. The SMILES string of the molecule is C[C@H](OC(=O)c1cc2ccccc2[nH]1)C(=O)c1ccc(NS(C)(=O)=O)cc1. The molecule has 27 heavy (non-hydrogen) atoms. The zero-order valence-corrected chi connectivity index (χ0v) is 15.5. The lowest BCUT2D eigenvalue weighted by Gasteiger charge is -2.12. The summed E-state index contributed by atoms with van der Waals surface area (Å²) in [5.74, 6) is -1.01. The van der Waals surface area contributed by atoms with Gasteiger partial charge in [0.15, 0.2) is 6.10 Å². The van der Waals surface area contributed by atoms with Gasteiger partial charge in [0, 0.05) is 22.2 Å². The van der Waals surface area contributed by atoms with Gasteiger partial charge in [0.25, 0.3) is 0 Å². The molecule has 0 radical (unpaired) electrons. The van der Waals surface area contributed by atoms with E-state index in [0.29, 0.717) is 11.3 Å². The number of aromatic amines is 1. The van der Waals surface area contributed by atoms with Crippen LogP contribution in [0.15, 0.2) is 54.6 Å². The van der Waals surface area contributed by atoms with Crippen LogP contribution in [0.4, 0.5) is 5.69 Å². The molecular weight excluding hydrogens is 368 g/mol. The summed E-state index contributed by atoms with van der Waals surface area (Å²) in [5, 5.41) is 0.873. The molecular formula is C19H18N2O5S. The second kappa shape index (κ2) is 7.24. The Bertz CT molecular complexity index is 1070. The van der Waals surface area contributed by atoms with Crippen LogP contribution >= 0.6 is 0 Å². The van der Waals surface area contributed by atoms with Crippen molar-refractivity contribution in [3.8, 4) is 0 Å². The van der Waals surface area contributed by atoms with Crippen molar-refractivity contribution in [1.29, 1.82) is 0 Å². The topological polar surface area (TPSA) is 105 Å². The lowest BCUT2D eigenvalue weighted by Crippen LogP contribution is -2.24. The number of ether oxygens (including phenoxy) is 1. The lowest BCUT2D eigenvalue weighted by molar-refractivity contribution is 0.0314. The molecule has 3 aromatic rings. The Balaban J connectivity index is 1.68. The lowest BCUT2D eigenvalue weighted by atomic mass is 10.1. The first kappa shape index (κ1) is 18.7. The molecule has 1 atom stereocenters. The van der Waals surface area contributed by atoms with Gasteiger partial charge in [-0.1, -0.05) is 18.2 Å². The van der Waals surface area contributed by atoms with E-state index in [9.17, 15) is 18.0 Å². The number of Topliss-reactive ketones (excluding diaryl/α,β-unsaturated/α-hetero) is 1. The van der Waals surface area contributed by atoms with E-state index in [4.69, 9.17) is 4.74 Å². The maximum Gasteiger partial charge on any atom is 0.355 e. The molecule has 0 saturated carbocycles. The van der Waals surface area contributed by atoms with Gasteiger partial charge in [0.1, 0.15) is 5.69 Å². The Morgan fingerprint density at radius 3 is 2.37 bits per heavy atom. The number of anilines is 1. The van der Waals surface area contributed by atoms with Gasteiger partial charge in [-0.15, -0.1) is 0 Å². The van der Waals surface area contributed by atoms with Crippen molar-refractivity contribution in [2.24, 2.45) is 0 Å². The maximum atomic E-state index is 12.5. The average Bonchev–Trinajstić information content (AvgIpc) is 3.04. The molecule has 0 saturated heterocycles. The molecule has 1 aromatic heterocycles. The monoisotopic (exact) mass is 386 g/mol. The predicted octanol–water partition coefficient (Wildman–Crippen LogP) is 2.97. The summed E-state index contributed by atoms with van der Waals surface area (Å²) in [5.41, 5.74) is 1.73. The summed E-state index contributed by atoms with van der Waals surface area (Å²) in [6.45, 7) is 1.49. The van der Waals surface area contributed by atoms with Crippen LogP contribution in [0, 0.1) is 0 Å². The van der Waals surface area contributed by atoms with E-state index in [0.717, 1.165) is 17.2 Å². The fraction of sp³-hybridized carbons (Fsp3) is 0.158. The molecule has 8 heteroatoms. The quantitative estimate of drug-likeness (QED) is 0.500. The third-order valence-electron chi connectivity index (χ3n) is 3.88. The first-order chi connectivity index (χ1) is 12.7. The van der Waals surface area contributed by atoms with Crippen molar-refractivity contribution >= 4 is 38.4 Å². The highest BCUT2D eigenvalue weighted by Crippen LogP contribution is 2.17. The zero-order chi connectivity index (χ0) is 19.6. The number of carbonyl (C=O) groups is 2. The number of para-hydroxylation sites is 1. The van der Waals surface area contributed by atoms with Crippen molar-refractivity contribution in [3.63, 3.8) is 0 Å². The minimum atomic E-state index is -3.39. The first-order valence-corrected chi connectivity index (χ1v) is 10.0. The van der Waals surface area contributed by atoms with Crippen molar-refractivity contribution in [2.45, 2.75) is 13.0 Å². The zero-order valence-electron chi connectivity index (χ0n) is 14.7. The van der Waals surface area contributed by atoms with Crippen LogP contribution in [-0.2, 0) is 14.8 Å². The van der Waals surface area contributed by atoms with Gasteiger partial charge >= 0.3 is 5.97 Å². The molecule has 0 aliphatic carbocycles. The Morgan fingerprint density at radius 1 is 1.07 bits per heavy atom. The molecule has 3 rings (SSSR count). The molecule has 2 aromatic carbocycles. The van der Waals surface area contributed by atoms with E-state index in [2.05, 4.69) is 9.71 Å². The summed E-state index contributed by atoms with van der Waals surface area (Å²) in [4.78, 5) is 27.7. The number of hydrogen-bond acceptors (Lipinski definition) is 5. The molecule has 0 unspecified atom stereocenters. The van der Waals surface area contributed by atoms with Crippen LogP contribution in [0.3, 0.4) is 0 Å². The second-order valence-corrected chi connectivity index (χ2v) is 7.88. The van der Waals surface area contributed by atoms with Gasteiger partial charge < -0.3 is 9.72 Å². The standard InChI is InChI=1S/C19H18N2O5S/c1-12(18(22)13-7-9-15(10-8-13)21-27(2,24)25)26-19(23)17-11-14-5-3-4-6-16(14)20-17/h3-12,20-21H,1-2H3/t12-/m0/s1. The van der Waals surface area contributed by atoms with Crippen molar-refractivity contribution in [1.82, 2.24) is 4.98 Å². The van der Waals surface area contributed by atoms with Crippen LogP contribution in [0.5, 0.6) is 0 Å². The van der Waals surface area contributed by atoms with Gasteiger partial charge in [0.05, 0.1) is 6.26 Å². The highest BCUT2D eigenvalue weighted by atomic mass is 32.2. The van der Waals surface area contributed by atoms with E-state index >= 15 is 0 Å². The number of sulfonamides is 1. The smallest absolute Gasteiger partial charge is 0.355 e. The van der Waals surface area contributed by atoms with Crippen molar-refractivity contribution in [3.05, 3.63) is 65.9 Å². The van der Waals surface area contributed by atoms with Gasteiger partial charge in [0.2, 0.25) is 15.8 Å². The molecule has 1 heterocycles. The third kappa shape index (κ3) is 4.53. The number of carbonyl (C=O) groups excluding carboxylic acids is 2. The first-order valence-electron chi connectivity index (χ1n) is 8.14. The number of rotatable bonds is 6. The minimum Gasteiger partial charge on any atom is -0.450 e. The largest absolute Gasteiger partial charge is 0.450 e. The summed E-state index contributed by atoms with van der Waals surface area (Å²) < 4.78 is 30.0. The highest BCUT2D eigenvalue weighted by Gasteiger charge is 2.21. The summed E-state index contributed by atoms with van der Waals surface area (Å²) in [7, 11) is -3.39. The minimum absolute atomic E-state index is 0.267. The molecule has 7 nitrogen and oxygen atoms in total. The number of nitrogens with one attached hydrogen (secondary N) is 2. The van der Waals surface area contributed by atoms with E-state index < -0.39 is 22.1 Å². The summed E-state index contributed by atoms with van der Waals surface area (Å²) in [6, 6.07) is 15.0. The Kier molecular flexibility index (Phi) is 5.00. The third-order valence-corrected chi connectivity index (χ3v) is 4.48. The van der Waals surface area contributed by atoms with E-state index in [1.807, 2.05) is 24.3 Å². The molecule has 2 N–H and O–H groups in total. The maximum absolute atomic E-state index is 12.5. The van der Waals surface area contributed by atoms with Crippen LogP contribution < -0.4 is 4.72 Å². The van der Waals surface area contributed by atoms with E-state index in [-0.39, 0.29) is 11.5 Å². The van der Waals surface area contributed by atoms with Gasteiger partial charge in [-0.2, -0.15) is 0 Å². The number of benzene rings is 2. The normalized spacial score (nSPS) is 12.5. The van der Waals surface area contributed by atoms with Gasteiger partial charge in [-0.25, -0.2) is 13.2 Å². The van der Waals surface area contributed by atoms with E-state index in [1.54, 1.807) is 6.07 Å². The molecule has 0 aliphatic rings. The van der Waals surface area contributed by atoms with E-state index in [1.165, 1.54) is 31.2 Å². The van der Waals surface area contributed by atoms with Gasteiger partial charge in [-0.3, -0.25) is 9.52 Å². The second-order valence-electron chi connectivity index (χ2n) is 6.13. The fourth-order valence-corrected chi connectivity index (χ4v) is 3.18. The molecule has 0 aliphatic heterocycles. The summed E-state index contributed by atoms with van der Waals surface area (Å²) in [6.07, 6.45) is 0.0510. The molecule has 0 amide bonds. The molecule has 0 bridgehead atoms. The predicted molar refractivity (Wildman–Crippen MR) is 102 cm³/mol. The molecule has 140 valence electrons. The molecule has 0 spiro atoms. The number of H-pyrrole nitrogens is 1. The van der Waals surface area contributed by atoms with Gasteiger partial charge in [-0.05, 0) is 43.3 Å². The van der Waals surface area contributed by atoms with Crippen LogP contribution in [0.1, 0.15) is 27.8 Å². The van der Waals surface area contributed by atoms with Crippen LogP contribution in [-0.4, -0.2) is 37.5 Å². The number of fused-ring (bicyclic) bond motifs is 1. The van der Waals surface area contributed by atoms with Crippen molar-refractivity contribution < 1.29 is 22.7 Å². The number of ketones is 1. The average molecular weight is 386 g/mol. The molecule has 0 fully saturated rings. The Hall–Kier alpha value is -3.13. The summed E-state index contributed by atoms with van der Waals surface area (Å²) >= 11 is 0. The van der Waals surface area contributed by atoms with Crippen molar-refractivity contribution in [2.75, 3.05) is 11.0 Å². The fourth-order valence-electron chi connectivity index (χ4n) is 2.61.